The van der Waals surface area contributed by atoms with Crippen molar-refractivity contribution in [2.45, 2.75) is 121 Å². The Balaban J connectivity index is 1.16. The molecule has 1 aromatic rings. The summed E-state index contributed by atoms with van der Waals surface area (Å²) in [4.78, 5) is 59.5. The Kier molecular flexibility index (Phi) is 15.8. The van der Waals surface area contributed by atoms with Gasteiger partial charge in [-0.3, -0.25) is 60.4 Å². The maximum Gasteiger partial charge on any atom is 0.306 e. The highest BCUT2D eigenvalue weighted by Gasteiger charge is 2.38. The maximum absolute atomic E-state index is 13.0. The first-order valence-corrected chi connectivity index (χ1v) is 19.9. The molecule has 2 heterocycles. The van der Waals surface area contributed by atoms with Crippen LogP contribution in [0, 0.1) is 36.5 Å². The number of aliphatic carboxylic acids is 4. The number of carbonyl (C=O) groups is 4. The largest absolute Gasteiger partial charge is 0.493 e. The summed E-state index contributed by atoms with van der Waals surface area (Å²) < 4.78 is 1.13. The van der Waals surface area contributed by atoms with Crippen molar-refractivity contribution in [2.24, 2.45) is 50.0 Å². The van der Waals surface area contributed by atoms with Crippen LogP contribution in [0.5, 0.6) is 5.88 Å². The Morgan fingerprint density at radius 3 is 1.78 bits per heavy atom. The van der Waals surface area contributed by atoms with Crippen molar-refractivity contribution in [3.63, 3.8) is 0 Å². The van der Waals surface area contributed by atoms with Crippen LogP contribution in [0.2, 0.25) is 0 Å². The van der Waals surface area contributed by atoms with Crippen LogP contribution in [-0.4, -0.2) is 122 Å². The summed E-state index contributed by atoms with van der Waals surface area (Å²) in [5.41, 5.74) is -0.101. The van der Waals surface area contributed by atoms with Gasteiger partial charge in [-0.25, -0.2) is 0 Å². The Hall–Kier alpha value is -4.45. The van der Waals surface area contributed by atoms with Crippen molar-refractivity contribution in [1.82, 2.24) is 36.5 Å². The third-order valence-electron chi connectivity index (χ3n) is 11.6. The third-order valence-corrected chi connectivity index (χ3v) is 11.6. The maximum atomic E-state index is 13.0. The van der Waals surface area contributed by atoms with E-state index in [4.69, 9.17) is 0 Å². The number of nitrogens with one attached hydrogen (secondary N) is 6. The second-order valence-corrected chi connectivity index (χ2v) is 16.0. The lowest BCUT2D eigenvalue weighted by molar-refractivity contribution is -0.150. The summed E-state index contributed by atoms with van der Waals surface area (Å²) in [7, 11) is 0. The molecule has 322 valence electrons. The van der Waals surface area contributed by atoms with E-state index in [0.717, 1.165) is 23.8 Å². The van der Waals surface area contributed by atoms with Crippen molar-refractivity contribution in [3.05, 3.63) is 22.0 Å². The lowest BCUT2D eigenvalue weighted by atomic mass is 9.79. The van der Waals surface area contributed by atoms with Gasteiger partial charge < -0.3 is 30.6 Å². The van der Waals surface area contributed by atoms with Gasteiger partial charge in [0, 0.05) is 31.7 Å². The van der Waals surface area contributed by atoms with Crippen LogP contribution in [0.1, 0.15) is 70.3 Å². The average Bonchev–Trinajstić information content (AvgIpc) is 3.17. The van der Waals surface area contributed by atoms with Gasteiger partial charge in [-0.1, -0.05) is 6.92 Å². The normalized spacial score (nSPS) is 33.3. The molecule has 58 heavy (non-hydrogen) atoms. The minimum absolute atomic E-state index is 0.00300. The number of hydrogen-bond donors (Lipinski definition) is 12. The van der Waals surface area contributed by atoms with Crippen molar-refractivity contribution < 1.29 is 49.8 Å². The lowest BCUT2D eigenvalue weighted by Crippen LogP contribution is -2.78. The zero-order valence-electron chi connectivity index (χ0n) is 32.7. The Bertz CT molecular complexity index is 1700. The Morgan fingerprint density at radius 1 is 0.741 bits per heavy atom. The highest BCUT2D eigenvalue weighted by Crippen LogP contribution is 2.36. The molecule has 10 unspecified atom stereocenters. The molecule has 5 rings (SSSR count). The molecule has 0 spiro atoms. The highest BCUT2D eigenvalue weighted by atomic mass is 16.4. The first-order chi connectivity index (χ1) is 27.6. The fraction of sp³-hybridized carbons (Fsp3) is 0.750. The number of aromatic nitrogens is 1. The molecular formula is C36H57N11O11. The number of hydrogen-bond acceptors (Lipinski definition) is 17. The van der Waals surface area contributed by atoms with Gasteiger partial charge >= 0.3 is 23.9 Å². The van der Waals surface area contributed by atoms with E-state index in [0.29, 0.717) is 12.1 Å². The highest BCUT2D eigenvalue weighted by molar-refractivity contribution is 5.75. The molecule has 3 saturated carbocycles. The topological polar surface area (TPSA) is 333 Å². The van der Waals surface area contributed by atoms with Gasteiger partial charge in [-0.05, 0) is 76.2 Å². The van der Waals surface area contributed by atoms with E-state index < -0.39 is 89.9 Å². The van der Waals surface area contributed by atoms with E-state index >= 15 is 0 Å². The Labute approximate surface area is 334 Å². The van der Waals surface area contributed by atoms with Gasteiger partial charge in [0.05, 0.1) is 48.4 Å². The minimum atomic E-state index is -1.10. The second kappa shape index (κ2) is 20.5. The van der Waals surface area contributed by atoms with E-state index in [1.165, 1.54) is 6.07 Å². The molecule has 0 bridgehead atoms. The first-order valence-electron chi connectivity index (χ1n) is 19.9. The SMILES string of the molecule is Cc1cc(=O)n(CCNC2NC(NCCO)NC(NC3CCC(N=NC4CC(C(=O)O)CC(C(=O)O)C4)C(C)C3)N2)c(O)c1N=NC1CC(C(=O)O)CC(C(=O)O)C1. The van der Waals surface area contributed by atoms with Gasteiger partial charge in [0.2, 0.25) is 5.88 Å². The molecule has 10 atom stereocenters. The van der Waals surface area contributed by atoms with Crippen LogP contribution < -0.4 is 37.5 Å². The van der Waals surface area contributed by atoms with Gasteiger partial charge in [0.15, 0.2) is 0 Å². The van der Waals surface area contributed by atoms with Gasteiger partial charge in [-0.15, -0.1) is 5.11 Å². The second-order valence-electron chi connectivity index (χ2n) is 16.0. The smallest absolute Gasteiger partial charge is 0.306 e. The number of carboxylic acids is 4. The van der Waals surface area contributed by atoms with Crippen molar-refractivity contribution in [3.8, 4) is 5.88 Å². The van der Waals surface area contributed by atoms with Crippen LogP contribution in [0.3, 0.4) is 0 Å². The van der Waals surface area contributed by atoms with E-state index in [9.17, 15) is 54.6 Å². The standard InChI is InChI=1S/C36H57N11O11/c1-17-9-23(3-4-26(17)45-43-24-13-19(30(51)52)11-20(14-24)31(53)54)39-36-41-34(40-35(42-36)38-6-8-48)37-5-7-47-27(49)10-18(2)28(29(47)50)46-44-25-15-21(32(55)56)12-22(16-25)33(57)58/h10,17,19-26,34-42,48,50H,3-9,11-16H2,1-2H3,(H,51,52)(H,53,54)(H,55,56)(H,57,58). The molecule has 0 radical (unpaired) electrons. The number of nitrogens with zero attached hydrogens (tertiary/aromatic N) is 5. The van der Waals surface area contributed by atoms with Crippen molar-refractivity contribution >= 4 is 29.6 Å². The monoisotopic (exact) mass is 819 g/mol. The lowest BCUT2D eigenvalue weighted by Gasteiger charge is -2.42. The number of pyridine rings is 1. The summed E-state index contributed by atoms with van der Waals surface area (Å²) in [6, 6.07) is 0.164. The van der Waals surface area contributed by atoms with E-state index in [1.807, 2.05) is 0 Å². The minimum Gasteiger partial charge on any atom is -0.493 e. The molecule has 1 saturated heterocycles. The summed E-state index contributed by atoms with van der Waals surface area (Å²) in [5.74, 6) is -7.81. The molecule has 1 aliphatic heterocycles. The van der Waals surface area contributed by atoms with Crippen molar-refractivity contribution in [1.29, 1.82) is 0 Å². The van der Waals surface area contributed by atoms with E-state index in [1.54, 1.807) is 6.92 Å². The molecule has 22 nitrogen and oxygen atoms in total. The van der Waals surface area contributed by atoms with E-state index in [2.05, 4.69) is 59.3 Å². The van der Waals surface area contributed by atoms with Gasteiger partial charge in [-0.2, -0.15) is 15.3 Å². The van der Waals surface area contributed by atoms with Crippen LogP contribution in [0.15, 0.2) is 31.3 Å². The van der Waals surface area contributed by atoms with Gasteiger partial charge in [0.25, 0.3) is 5.56 Å². The Morgan fingerprint density at radius 2 is 1.26 bits per heavy atom. The van der Waals surface area contributed by atoms with Crippen LogP contribution in [-0.2, 0) is 25.7 Å². The first kappa shape index (κ1) is 44.6. The number of aryl methyl sites for hydroxylation is 1. The number of aliphatic hydroxyl groups excluding tert-OH is 1. The van der Waals surface area contributed by atoms with E-state index in [-0.39, 0.29) is 81.9 Å². The molecule has 0 aromatic carbocycles. The summed E-state index contributed by atoms with van der Waals surface area (Å²) in [6.07, 6.45) is 1.77. The molecule has 12 N–H and O–H groups in total. The molecule has 0 amide bonds. The molecule has 4 aliphatic rings. The summed E-state index contributed by atoms with van der Waals surface area (Å²) in [5, 5.41) is 96.1. The molecule has 22 heteroatoms. The van der Waals surface area contributed by atoms with Crippen LogP contribution in [0.25, 0.3) is 0 Å². The fourth-order valence-electron chi connectivity index (χ4n) is 8.42. The summed E-state index contributed by atoms with van der Waals surface area (Å²) >= 11 is 0. The summed E-state index contributed by atoms with van der Waals surface area (Å²) in [6.45, 7) is 4.10. The molecule has 1 aromatic heterocycles. The van der Waals surface area contributed by atoms with Crippen LogP contribution >= 0.6 is 0 Å². The number of rotatable bonds is 17. The zero-order chi connectivity index (χ0) is 42.1. The molecular weight excluding hydrogens is 762 g/mol. The number of carboxylic acid groups (broad SMARTS) is 4. The fourth-order valence-corrected chi connectivity index (χ4v) is 8.42. The number of aromatic hydroxyl groups is 1. The van der Waals surface area contributed by atoms with Crippen LogP contribution in [0.4, 0.5) is 5.69 Å². The van der Waals surface area contributed by atoms with Crippen molar-refractivity contribution in [2.75, 3.05) is 19.7 Å². The quantitative estimate of drug-likeness (QED) is 0.0938. The molecule has 4 fully saturated rings. The predicted molar refractivity (Wildman–Crippen MR) is 204 cm³/mol. The predicted octanol–water partition coefficient (Wildman–Crippen LogP) is 0.258. The molecule has 3 aliphatic carbocycles. The third kappa shape index (κ3) is 12.1. The average molecular weight is 820 g/mol. The van der Waals surface area contributed by atoms with Gasteiger partial charge in [0.1, 0.15) is 24.6 Å². The zero-order valence-corrected chi connectivity index (χ0v) is 32.7. The number of azo groups is 2. The number of aliphatic hydroxyl groups is 1.